The highest BCUT2D eigenvalue weighted by atomic mass is 32.1. The third-order valence-electron chi connectivity index (χ3n) is 8.61. The van der Waals surface area contributed by atoms with Gasteiger partial charge < -0.3 is 19.3 Å². The minimum absolute atomic E-state index is 0.0890. The van der Waals surface area contributed by atoms with Crippen molar-refractivity contribution in [2.45, 2.75) is 120 Å². The maximum atomic E-state index is 12.4. The number of rotatable bonds is 18. The molecule has 1 saturated carbocycles. The van der Waals surface area contributed by atoms with Crippen molar-refractivity contribution < 1.29 is 28.7 Å². The van der Waals surface area contributed by atoms with Gasteiger partial charge in [-0.05, 0) is 74.7 Å². The first kappa shape index (κ1) is 37.5. The van der Waals surface area contributed by atoms with Gasteiger partial charge in [0.05, 0.1) is 0 Å². The highest BCUT2D eigenvalue weighted by Gasteiger charge is 2.47. The van der Waals surface area contributed by atoms with Crippen molar-refractivity contribution in [3.05, 3.63) is 0 Å². The number of amides is 2. The van der Waals surface area contributed by atoms with Gasteiger partial charge in [0.25, 0.3) is 12.9 Å². The predicted molar refractivity (Wildman–Crippen MR) is 179 cm³/mol. The summed E-state index contributed by atoms with van der Waals surface area (Å²) >= 11 is 17.4. The zero-order valence-corrected chi connectivity index (χ0v) is 28.6. The third-order valence-corrected chi connectivity index (χ3v) is 10.2. The van der Waals surface area contributed by atoms with Gasteiger partial charge >= 0.3 is 0 Å². The van der Waals surface area contributed by atoms with Crippen LogP contribution in [0.4, 0.5) is 0 Å². The Bertz CT molecular complexity index is 825. The van der Waals surface area contributed by atoms with E-state index in [2.05, 4.69) is 57.4 Å². The summed E-state index contributed by atoms with van der Waals surface area (Å²) in [6.45, 7) is 4.45. The Morgan fingerprint density at radius 1 is 0.810 bits per heavy atom. The van der Waals surface area contributed by atoms with Gasteiger partial charge in [0, 0.05) is 48.8 Å². The molecule has 0 spiro atoms. The molecule has 8 nitrogen and oxygen atoms in total. The van der Waals surface area contributed by atoms with E-state index < -0.39 is 0 Å². The molecular weight excluding hydrogens is 613 g/mol. The number of nitrogens with zero attached hydrogens (tertiary/aromatic N) is 2. The van der Waals surface area contributed by atoms with E-state index in [1.165, 1.54) is 6.42 Å². The standard InChI is InChI=1S/C16H27NO3S2.C14H25NO3S2/c18-11-20-16-14-6-3-4-12(14)10-17(16)15(19)7-2-1-5-13(22)8-9-21;1-11-8-14(18-10-16)15(9-11)13(17)5-3-2-4-12(20)6-7-19/h11-14,16,21-22H,1-10H2;10-12,14,19-20H,2-9H2,1H3. The van der Waals surface area contributed by atoms with Crippen molar-refractivity contribution in [1.82, 2.24) is 9.80 Å². The van der Waals surface area contributed by atoms with Gasteiger partial charge in [0.2, 0.25) is 11.8 Å². The first-order valence-corrected chi connectivity index (χ1v) is 17.9. The molecule has 3 rings (SSSR count). The zero-order chi connectivity index (χ0) is 30.9. The number of unbranched alkanes of at least 4 members (excludes halogenated alkanes) is 2. The Morgan fingerprint density at radius 2 is 1.38 bits per heavy atom. The number of fused-ring (bicyclic) bond motifs is 1. The smallest absolute Gasteiger partial charge is 0.295 e. The summed E-state index contributed by atoms with van der Waals surface area (Å²) in [7, 11) is 0. The average molecular weight is 665 g/mol. The molecule has 42 heavy (non-hydrogen) atoms. The first-order chi connectivity index (χ1) is 20.2. The second-order valence-corrected chi connectivity index (χ2v) is 14.3. The van der Waals surface area contributed by atoms with Crippen LogP contribution in [-0.2, 0) is 28.7 Å². The molecule has 3 fully saturated rings. The van der Waals surface area contributed by atoms with Gasteiger partial charge in [-0.25, -0.2) is 0 Å². The van der Waals surface area contributed by atoms with Gasteiger partial charge in [-0.1, -0.05) is 26.2 Å². The summed E-state index contributed by atoms with van der Waals surface area (Å²) in [4.78, 5) is 49.3. The van der Waals surface area contributed by atoms with Crippen molar-refractivity contribution in [2.24, 2.45) is 17.8 Å². The van der Waals surface area contributed by atoms with Crippen LogP contribution in [0.25, 0.3) is 0 Å². The number of hydrogen-bond donors (Lipinski definition) is 4. The highest BCUT2D eigenvalue weighted by molar-refractivity contribution is 7.81. The minimum atomic E-state index is -0.364. The molecule has 7 unspecified atom stereocenters. The lowest BCUT2D eigenvalue weighted by atomic mass is 9.99. The average Bonchev–Trinajstić information content (AvgIpc) is 3.66. The second-order valence-electron chi connectivity index (χ2n) is 11.9. The summed E-state index contributed by atoms with van der Waals surface area (Å²) in [5, 5.41) is 0.755. The Balaban J connectivity index is 0.000000295. The van der Waals surface area contributed by atoms with Crippen molar-refractivity contribution >= 4 is 75.3 Å². The number of likely N-dealkylation sites (tertiary alicyclic amines) is 2. The summed E-state index contributed by atoms with van der Waals surface area (Å²) in [5.74, 6) is 3.19. The van der Waals surface area contributed by atoms with E-state index in [0.29, 0.717) is 60.6 Å². The van der Waals surface area contributed by atoms with E-state index in [0.717, 1.165) is 88.7 Å². The number of carbonyl (C=O) groups is 4. The van der Waals surface area contributed by atoms with Crippen LogP contribution >= 0.6 is 50.5 Å². The van der Waals surface area contributed by atoms with Crippen LogP contribution in [0.2, 0.25) is 0 Å². The SMILES string of the molecule is CC1CC(OC=O)N(C(=O)CCCCC(S)CCS)C1.O=COC1C2CCCC2CN1C(=O)CCCCC(S)CCS. The Labute approximate surface area is 274 Å². The van der Waals surface area contributed by atoms with Crippen LogP contribution in [0.3, 0.4) is 0 Å². The molecule has 1 aliphatic carbocycles. The van der Waals surface area contributed by atoms with Crippen LogP contribution in [0.1, 0.15) is 96.8 Å². The zero-order valence-electron chi connectivity index (χ0n) is 25.1. The van der Waals surface area contributed by atoms with Crippen LogP contribution in [-0.4, -0.2) is 82.1 Å². The van der Waals surface area contributed by atoms with Crippen molar-refractivity contribution in [1.29, 1.82) is 0 Å². The highest BCUT2D eigenvalue weighted by Crippen LogP contribution is 2.42. The molecule has 0 radical (unpaired) electrons. The van der Waals surface area contributed by atoms with Crippen LogP contribution in [0, 0.1) is 17.8 Å². The number of carbonyl (C=O) groups excluding carboxylic acids is 4. The summed E-state index contributed by atoms with van der Waals surface area (Å²) in [5.41, 5.74) is 0. The van der Waals surface area contributed by atoms with Crippen molar-refractivity contribution in [2.75, 3.05) is 24.6 Å². The van der Waals surface area contributed by atoms with E-state index in [4.69, 9.17) is 9.47 Å². The van der Waals surface area contributed by atoms with E-state index in [1.54, 1.807) is 9.80 Å². The maximum Gasteiger partial charge on any atom is 0.295 e. The first-order valence-electron chi connectivity index (χ1n) is 15.6. The van der Waals surface area contributed by atoms with Gasteiger partial charge in [0.15, 0.2) is 12.5 Å². The van der Waals surface area contributed by atoms with Crippen LogP contribution in [0.5, 0.6) is 0 Å². The molecule has 0 aromatic heterocycles. The Kier molecular flexibility index (Phi) is 18.8. The van der Waals surface area contributed by atoms with Crippen LogP contribution in [0.15, 0.2) is 0 Å². The van der Waals surface area contributed by atoms with Crippen molar-refractivity contribution in [3.63, 3.8) is 0 Å². The predicted octanol–water partition coefficient (Wildman–Crippen LogP) is 5.46. The molecule has 3 aliphatic rings. The summed E-state index contributed by atoms with van der Waals surface area (Å²) in [6.07, 6.45) is 12.3. The molecule has 12 heteroatoms. The molecule has 2 amide bonds. The lowest BCUT2D eigenvalue weighted by Gasteiger charge is -2.26. The molecule has 7 atom stereocenters. The molecule has 2 heterocycles. The molecule has 0 aromatic carbocycles. The molecule has 2 saturated heterocycles. The van der Waals surface area contributed by atoms with E-state index in [9.17, 15) is 19.2 Å². The van der Waals surface area contributed by atoms with Gasteiger partial charge in [-0.15, -0.1) is 0 Å². The fraction of sp³-hybridized carbons (Fsp3) is 0.867. The second kappa shape index (κ2) is 21.1. The quantitative estimate of drug-likeness (QED) is 0.0885. The topological polar surface area (TPSA) is 93.2 Å². The fourth-order valence-corrected chi connectivity index (χ4v) is 8.03. The summed E-state index contributed by atoms with van der Waals surface area (Å²) in [6, 6.07) is 0. The lowest BCUT2D eigenvalue weighted by Crippen LogP contribution is -2.39. The van der Waals surface area contributed by atoms with E-state index in [1.807, 2.05) is 0 Å². The van der Waals surface area contributed by atoms with E-state index in [-0.39, 0.29) is 24.3 Å². The van der Waals surface area contributed by atoms with Gasteiger partial charge in [0.1, 0.15) is 0 Å². The largest absolute Gasteiger partial charge is 0.444 e. The molecule has 2 aliphatic heterocycles. The molecule has 0 aromatic rings. The van der Waals surface area contributed by atoms with E-state index >= 15 is 0 Å². The maximum absolute atomic E-state index is 12.4. The number of thiol groups is 4. The monoisotopic (exact) mass is 664 g/mol. The number of ether oxygens (including phenoxy) is 2. The van der Waals surface area contributed by atoms with Gasteiger partial charge in [-0.3, -0.25) is 19.2 Å². The summed E-state index contributed by atoms with van der Waals surface area (Å²) < 4.78 is 10.2. The Morgan fingerprint density at radius 3 is 1.93 bits per heavy atom. The Hall–Kier alpha value is -0.720. The third kappa shape index (κ3) is 12.7. The van der Waals surface area contributed by atoms with Crippen LogP contribution < -0.4 is 0 Å². The molecular formula is C30H52N2O6S4. The minimum Gasteiger partial charge on any atom is -0.444 e. The normalized spacial score (nSPS) is 26.2. The molecule has 242 valence electrons. The lowest BCUT2D eigenvalue weighted by molar-refractivity contribution is -0.154. The van der Waals surface area contributed by atoms with Gasteiger partial charge in [-0.2, -0.15) is 50.5 Å². The number of hydrogen-bond acceptors (Lipinski definition) is 10. The molecule has 0 N–H and O–H groups in total. The fourth-order valence-electron chi connectivity index (χ4n) is 6.37. The van der Waals surface area contributed by atoms with Crippen molar-refractivity contribution in [3.8, 4) is 0 Å². The molecule has 0 bridgehead atoms.